The summed E-state index contributed by atoms with van der Waals surface area (Å²) in [5, 5.41) is 10.1. The summed E-state index contributed by atoms with van der Waals surface area (Å²) in [7, 11) is 0. The average molecular weight is 448 g/mol. The monoisotopic (exact) mass is 447 g/mol. The van der Waals surface area contributed by atoms with Crippen molar-refractivity contribution in [3.63, 3.8) is 0 Å². The van der Waals surface area contributed by atoms with E-state index in [1.807, 2.05) is 91.0 Å². The average Bonchev–Trinajstić information content (AvgIpc) is 2.87. The highest BCUT2D eigenvalue weighted by molar-refractivity contribution is 5.16. The van der Waals surface area contributed by atoms with E-state index in [0.29, 0.717) is 26.2 Å². The van der Waals surface area contributed by atoms with E-state index >= 15 is 0 Å². The molecule has 0 radical (unpaired) electrons. The van der Waals surface area contributed by atoms with Gasteiger partial charge in [-0.2, -0.15) is 0 Å². The molecule has 5 atom stereocenters. The normalized spacial score (nSPS) is 25.1. The minimum atomic E-state index is -0.404. The molecule has 3 aromatic rings. The SMILES string of the molecule is N[C@@H]1C[C@H](CO)[C@H](OCc2ccccc2)[C@H](OCc2ccccc2)[C@H]1OCc1ccccc1. The largest absolute Gasteiger partial charge is 0.396 e. The zero-order chi connectivity index (χ0) is 22.9. The van der Waals surface area contributed by atoms with Crippen molar-refractivity contribution in [2.45, 2.75) is 50.6 Å². The topological polar surface area (TPSA) is 73.9 Å². The van der Waals surface area contributed by atoms with Crippen LogP contribution in [0.5, 0.6) is 0 Å². The van der Waals surface area contributed by atoms with Crippen LogP contribution in [-0.2, 0) is 34.0 Å². The maximum Gasteiger partial charge on any atom is 0.112 e. The minimum Gasteiger partial charge on any atom is -0.396 e. The van der Waals surface area contributed by atoms with Crippen LogP contribution in [0.2, 0.25) is 0 Å². The predicted molar refractivity (Wildman–Crippen MR) is 128 cm³/mol. The van der Waals surface area contributed by atoms with Gasteiger partial charge in [-0.3, -0.25) is 0 Å². The van der Waals surface area contributed by atoms with E-state index in [1.54, 1.807) is 0 Å². The summed E-state index contributed by atoms with van der Waals surface area (Å²) in [6, 6.07) is 29.9. The molecule has 3 aromatic carbocycles. The molecule has 0 saturated heterocycles. The maximum absolute atomic E-state index is 10.1. The smallest absolute Gasteiger partial charge is 0.112 e. The lowest BCUT2D eigenvalue weighted by Gasteiger charge is -2.45. The van der Waals surface area contributed by atoms with Gasteiger partial charge in [0.05, 0.1) is 25.9 Å². The van der Waals surface area contributed by atoms with Gasteiger partial charge in [-0.15, -0.1) is 0 Å². The van der Waals surface area contributed by atoms with Gasteiger partial charge in [0.1, 0.15) is 12.2 Å². The molecule has 1 aliphatic carbocycles. The molecule has 0 aliphatic heterocycles. The van der Waals surface area contributed by atoms with Gasteiger partial charge in [-0.25, -0.2) is 0 Å². The van der Waals surface area contributed by atoms with Crippen LogP contribution < -0.4 is 5.73 Å². The van der Waals surface area contributed by atoms with E-state index in [-0.39, 0.29) is 30.8 Å². The zero-order valence-electron chi connectivity index (χ0n) is 18.8. The van der Waals surface area contributed by atoms with Crippen LogP contribution in [0.1, 0.15) is 23.1 Å². The summed E-state index contributed by atoms with van der Waals surface area (Å²) in [5.74, 6) is -0.124. The van der Waals surface area contributed by atoms with Gasteiger partial charge in [-0.05, 0) is 23.1 Å². The van der Waals surface area contributed by atoms with Crippen molar-refractivity contribution < 1.29 is 19.3 Å². The highest BCUT2D eigenvalue weighted by Crippen LogP contribution is 2.32. The fourth-order valence-electron chi connectivity index (χ4n) is 4.43. The first-order valence-electron chi connectivity index (χ1n) is 11.6. The molecule has 1 fully saturated rings. The Kier molecular flexibility index (Phi) is 8.64. The molecule has 0 spiro atoms. The van der Waals surface area contributed by atoms with Crippen LogP contribution >= 0.6 is 0 Å². The fourth-order valence-corrected chi connectivity index (χ4v) is 4.43. The van der Waals surface area contributed by atoms with Gasteiger partial charge in [-0.1, -0.05) is 91.0 Å². The van der Waals surface area contributed by atoms with Crippen LogP contribution in [0.3, 0.4) is 0 Å². The molecular weight excluding hydrogens is 414 g/mol. The lowest BCUT2D eigenvalue weighted by Crippen LogP contribution is -2.60. The number of rotatable bonds is 10. The van der Waals surface area contributed by atoms with Crippen molar-refractivity contribution in [2.75, 3.05) is 6.61 Å². The number of ether oxygens (including phenoxy) is 3. The van der Waals surface area contributed by atoms with E-state index < -0.39 is 6.10 Å². The lowest BCUT2D eigenvalue weighted by atomic mass is 9.79. The third-order valence-corrected chi connectivity index (χ3v) is 6.20. The number of aliphatic hydroxyl groups is 1. The van der Waals surface area contributed by atoms with Crippen LogP contribution in [0.25, 0.3) is 0 Å². The molecule has 1 saturated carbocycles. The molecule has 3 N–H and O–H groups in total. The van der Waals surface area contributed by atoms with Gasteiger partial charge >= 0.3 is 0 Å². The van der Waals surface area contributed by atoms with Crippen molar-refractivity contribution in [3.05, 3.63) is 108 Å². The van der Waals surface area contributed by atoms with E-state index in [0.717, 1.165) is 16.7 Å². The van der Waals surface area contributed by atoms with E-state index in [9.17, 15) is 5.11 Å². The molecule has 5 nitrogen and oxygen atoms in total. The van der Waals surface area contributed by atoms with Crippen molar-refractivity contribution in [3.8, 4) is 0 Å². The van der Waals surface area contributed by atoms with Crippen molar-refractivity contribution in [1.82, 2.24) is 0 Å². The molecule has 5 heteroatoms. The summed E-state index contributed by atoms with van der Waals surface area (Å²) < 4.78 is 19.2. The third kappa shape index (κ3) is 6.50. The summed E-state index contributed by atoms with van der Waals surface area (Å²) in [6.07, 6.45) is -0.476. The summed E-state index contributed by atoms with van der Waals surface area (Å²) in [5.41, 5.74) is 9.79. The molecule has 0 bridgehead atoms. The second-order valence-electron chi connectivity index (χ2n) is 8.63. The van der Waals surface area contributed by atoms with Gasteiger partial charge in [0.25, 0.3) is 0 Å². The van der Waals surface area contributed by atoms with Gasteiger partial charge in [0, 0.05) is 18.6 Å². The van der Waals surface area contributed by atoms with E-state index in [1.165, 1.54) is 0 Å². The number of nitrogens with two attached hydrogens (primary N) is 1. The number of benzene rings is 3. The minimum absolute atomic E-state index is 0.0102. The molecular formula is C28H33NO4. The summed E-state index contributed by atoms with van der Waals surface area (Å²) >= 11 is 0. The number of hydrogen-bond donors (Lipinski definition) is 2. The second-order valence-corrected chi connectivity index (χ2v) is 8.63. The van der Waals surface area contributed by atoms with Gasteiger partial charge in [0.15, 0.2) is 0 Å². The summed E-state index contributed by atoms with van der Waals surface area (Å²) in [6.45, 7) is 1.30. The Labute approximate surface area is 196 Å². The van der Waals surface area contributed by atoms with Gasteiger partial charge in [0.2, 0.25) is 0 Å². The number of aliphatic hydroxyl groups excluding tert-OH is 1. The Morgan fingerprint density at radius 1 is 0.606 bits per heavy atom. The molecule has 4 rings (SSSR count). The molecule has 0 unspecified atom stereocenters. The molecule has 0 heterocycles. The molecule has 1 aliphatic rings. The first kappa shape index (κ1) is 23.6. The molecule has 33 heavy (non-hydrogen) atoms. The van der Waals surface area contributed by atoms with Crippen LogP contribution in [0, 0.1) is 5.92 Å². The highest BCUT2D eigenvalue weighted by Gasteiger charge is 2.45. The van der Waals surface area contributed by atoms with E-state index in [4.69, 9.17) is 19.9 Å². The first-order valence-corrected chi connectivity index (χ1v) is 11.6. The van der Waals surface area contributed by atoms with Crippen LogP contribution in [0.15, 0.2) is 91.0 Å². The molecule has 0 amide bonds. The maximum atomic E-state index is 10.1. The quantitative estimate of drug-likeness (QED) is 0.490. The number of hydrogen-bond acceptors (Lipinski definition) is 5. The molecule has 0 aromatic heterocycles. The van der Waals surface area contributed by atoms with Crippen molar-refractivity contribution in [2.24, 2.45) is 11.7 Å². The second kappa shape index (κ2) is 12.1. The summed E-state index contributed by atoms with van der Waals surface area (Å²) in [4.78, 5) is 0. The Hall–Kier alpha value is -2.54. The Morgan fingerprint density at radius 2 is 1.00 bits per heavy atom. The Morgan fingerprint density at radius 3 is 1.42 bits per heavy atom. The van der Waals surface area contributed by atoms with Crippen LogP contribution in [-0.4, -0.2) is 36.1 Å². The standard InChI is InChI=1S/C28H33NO4/c29-25-16-24(17-30)26(31-18-21-10-4-1-5-11-21)28(33-20-23-14-8-3-9-15-23)27(25)32-19-22-12-6-2-7-13-22/h1-15,24-28,30H,16-20,29H2/t24-,25-,26+,27+,28+/m1/s1. The first-order chi connectivity index (χ1) is 16.2. The lowest BCUT2D eigenvalue weighted by molar-refractivity contribution is -0.197. The van der Waals surface area contributed by atoms with E-state index in [2.05, 4.69) is 0 Å². The third-order valence-electron chi connectivity index (χ3n) is 6.20. The molecule has 174 valence electrons. The Balaban J connectivity index is 1.53. The zero-order valence-corrected chi connectivity index (χ0v) is 18.8. The fraction of sp³-hybridized carbons (Fsp3) is 0.357. The van der Waals surface area contributed by atoms with Crippen LogP contribution in [0.4, 0.5) is 0 Å². The van der Waals surface area contributed by atoms with Crippen molar-refractivity contribution in [1.29, 1.82) is 0 Å². The van der Waals surface area contributed by atoms with Gasteiger partial charge < -0.3 is 25.1 Å². The Bertz CT molecular complexity index is 938. The highest BCUT2D eigenvalue weighted by atomic mass is 16.6. The van der Waals surface area contributed by atoms with Crippen molar-refractivity contribution >= 4 is 0 Å². The predicted octanol–water partition coefficient (Wildman–Crippen LogP) is 4.08.